The zero-order valence-electron chi connectivity index (χ0n) is 16.7. The van der Waals surface area contributed by atoms with Crippen LogP contribution in [0.1, 0.15) is 18.2 Å². The molecule has 8 heteroatoms. The van der Waals surface area contributed by atoms with Gasteiger partial charge in [0.05, 0.1) is 19.2 Å². The zero-order chi connectivity index (χ0) is 20.5. The van der Waals surface area contributed by atoms with Crippen LogP contribution in [0.5, 0.6) is 5.75 Å². The Morgan fingerprint density at radius 2 is 1.86 bits per heavy atom. The molecule has 2 aliphatic heterocycles. The largest absolute Gasteiger partial charge is 0.497 e. The van der Waals surface area contributed by atoms with Crippen molar-refractivity contribution in [2.45, 2.75) is 19.8 Å². The van der Waals surface area contributed by atoms with Crippen LogP contribution in [0.25, 0.3) is 0 Å². The van der Waals surface area contributed by atoms with Crippen LogP contribution in [-0.2, 0) is 17.6 Å². The number of nitrogens with one attached hydrogen (secondary N) is 1. The maximum atomic E-state index is 13.8. The van der Waals surface area contributed by atoms with E-state index in [2.05, 4.69) is 9.97 Å². The minimum absolute atomic E-state index is 0.123. The Balaban J connectivity index is 1.38. The van der Waals surface area contributed by atoms with Gasteiger partial charge in [0.25, 0.3) is 5.56 Å². The minimum atomic E-state index is -0.800. The number of rotatable bonds is 5. The molecule has 4 rings (SSSR count). The number of carbonyl (C=O) groups is 1. The summed E-state index contributed by atoms with van der Waals surface area (Å²) < 4.78 is 18.9. The lowest BCUT2D eigenvalue weighted by atomic mass is 10.0. The SMILES string of the molecule is CCc1nc(N2CC3CN(C(=O)Cc4ccc(OC)cc4)CC3C2)[nH]c(=O)c1F. The number of H-pyrrole nitrogens is 1. The van der Waals surface area contributed by atoms with Gasteiger partial charge in [-0.15, -0.1) is 0 Å². The van der Waals surface area contributed by atoms with Crippen LogP contribution in [0.2, 0.25) is 0 Å². The molecular weight excluding hydrogens is 375 g/mol. The van der Waals surface area contributed by atoms with Gasteiger partial charge in [0.15, 0.2) is 0 Å². The number of hydrogen-bond donors (Lipinski definition) is 1. The van der Waals surface area contributed by atoms with Gasteiger partial charge in [-0.05, 0) is 24.1 Å². The van der Waals surface area contributed by atoms with E-state index in [1.165, 1.54) is 0 Å². The van der Waals surface area contributed by atoms with Crippen LogP contribution < -0.4 is 15.2 Å². The number of likely N-dealkylation sites (tertiary alicyclic amines) is 1. The first kappa shape index (κ1) is 19.4. The summed E-state index contributed by atoms with van der Waals surface area (Å²) in [6.07, 6.45) is 0.747. The molecule has 154 valence electrons. The van der Waals surface area contributed by atoms with Crippen molar-refractivity contribution in [3.8, 4) is 5.75 Å². The minimum Gasteiger partial charge on any atom is -0.497 e. The lowest BCUT2D eigenvalue weighted by Crippen LogP contribution is -2.35. The summed E-state index contributed by atoms with van der Waals surface area (Å²) in [5.41, 5.74) is 0.437. The predicted octanol–water partition coefficient (Wildman–Crippen LogP) is 1.62. The van der Waals surface area contributed by atoms with Gasteiger partial charge in [0.2, 0.25) is 17.7 Å². The van der Waals surface area contributed by atoms with E-state index >= 15 is 0 Å². The van der Waals surface area contributed by atoms with Crippen LogP contribution in [0.3, 0.4) is 0 Å². The molecule has 0 bridgehead atoms. The number of nitrogens with zero attached hydrogens (tertiary/aromatic N) is 3. The normalized spacial score (nSPS) is 20.8. The van der Waals surface area contributed by atoms with Crippen molar-refractivity contribution < 1.29 is 13.9 Å². The van der Waals surface area contributed by atoms with Crippen LogP contribution in [-0.4, -0.2) is 54.1 Å². The number of halogens is 1. The maximum absolute atomic E-state index is 13.8. The van der Waals surface area contributed by atoms with E-state index in [4.69, 9.17) is 4.74 Å². The Morgan fingerprint density at radius 3 is 2.45 bits per heavy atom. The molecule has 2 unspecified atom stereocenters. The van der Waals surface area contributed by atoms with Gasteiger partial charge < -0.3 is 14.5 Å². The molecule has 2 atom stereocenters. The molecule has 2 saturated heterocycles. The summed E-state index contributed by atoms with van der Waals surface area (Å²) in [4.78, 5) is 35.3. The smallest absolute Gasteiger partial charge is 0.288 e. The Morgan fingerprint density at radius 1 is 1.21 bits per heavy atom. The van der Waals surface area contributed by atoms with Crippen LogP contribution in [0, 0.1) is 17.7 Å². The number of hydrogen-bond acceptors (Lipinski definition) is 5. The molecule has 2 aromatic rings. The number of aryl methyl sites for hydroxylation is 1. The topological polar surface area (TPSA) is 78.5 Å². The van der Waals surface area contributed by atoms with Gasteiger partial charge >= 0.3 is 0 Å². The van der Waals surface area contributed by atoms with E-state index in [-0.39, 0.29) is 11.6 Å². The monoisotopic (exact) mass is 400 g/mol. The van der Waals surface area contributed by atoms with Crippen LogP contribution >= 0.6 is 0 Å². The van der Waals surface area contributed by atoms with E-state index in [1.807, 2.05) is 34.1 Å². The third-order valence-corrected chi connectivity index (χ3v) is 5.91. The lowest BCUT2D eigenvalue weighted by Gasteiger charge is -2.22. The summed E-state index contributed by atoms with van der Waals surface area (Å²) in [5.74, 6) is 1.18. The average molecular weight is 400 g/mol. The molecule has 1 N–H and O–H groups in total. The second-order valence-electron chi connectivity index (χ2n) is 7.75. The van der Waals surface area contributed by atoms with Crippen molar-refractivity contribution in [2.75, 3.05) is 38.2 Å². The standard InChI is InChI=1S/C21H25FN4O3/c1-3-17-19(22)20(28)24-21(23-17)26-11-14-9-25(10-15(14)12-26)18(27)8-13-4-6-16(29-2)7-5-13/h4-7,14-15H,3,8-12H2,1-2H3,(H,23,24,28). The Bertz CT molecular complexity index is 945. The van der Waals surface area contributed by atoms with Gasteiger partial charge in [0.1, 0.15) is 5.75 Å². The molecule has 1 amide bonds. The highest BCUT2D eigenvalue weighted by atomic mass is 19.1. The number of anilines is 1. The van der Waals surface area contributed by atoms with Crippen LogP contribution in [0.4, 0.5) is 10.3 Å². The zero-order valence-corrected chi connectivity index (χ0v) is 16.7. The van der Waals surface area contributed by atoms with Crippen molar-refractivity contribution in [2.24, 2.45) is 11.8 Å². The number of aromatic amines is 1. The number of aromatic nitrogens is 2. The fourth-order valence-electron chi connectivity index (χ4n) is 4.28. The molecule has 7 nitrogen and oxygen atoms in total. The van der Waals surface area contributed by atoms with Crippen molar-refractivity contribution in [1.82, 2.24) is 14.9 Å². The quantitative estimate of drug-likeness (QED) is 0.825. The number of ether oxygens (including phenoxy) is 1. The highest BCUT2D eigenvalue weighted by molar-refractivity contribution is 5.79. The van der Waals surface area contributed by atoms with E-state index < -0.39 is 11.4 Å². The summed E-state index contributed by atoms with van der Waals surface area (Å²) in [6.45, 7) is 4.58. The van der Waals surface area contributed by atoms with E-state index in [0.717, 1.165) is 11.3 Å². The maximum Gasteiger partial charge on any atom is 0.288 e. The molecule has 0 radical (unpaired) electrons. The van der Waals surface area contributed by atoms with Crippen molar-refractivity contribution in [3.63, 3.8) is 0 Å². The molecule has 0 saturated carbocycles. The molecule has 0 aliphatic carbocycles. The number of methoxy groups -OCH3 is 1. The number of fused-ring (bicyclic) bond motifs is 1. The fourth-order valence-corrected chi connectivity index (χ4v) is 4.28. The first-order chi connectivity index (χ1) is 14.0. The number of carbonyl (C=O) groups excluding carboxylic acids is 1. The van der Waals surface area contributed by atoms with Gasteiger partial charge in [-0.1, -0.05) is 19.1 Å². The molecule has 1 aromatic carbocycles. The third kappa shape index (κ3) is 3.83. The number of amides is 1. The summed E-state index contributed by atoms with van der Waals surface area (Å²) >= 11 is 0. The summed E-state index contributed by atoms with van der Waals surface area (Å²) in [5, 5.41) is 0. The van der Waals surface area contributed by atoms with Crippen LogP contribution in [0.15, 0.2) is 29.1 Å². The Hall–Kier alpha value is -2.90. The third-order valence-electron chi connectivity index (χ3n) is 5.91. The predicted molar refractivity (Wildman–Crippen MR) is 107 cm³/mol. The molecule has 29 heavy (non-hydrogen) atoms. The lowest BCUT2D eigenvalue weighted by molar-refractivity contribution is -0.129. The van der Waals surface area contributed by atoms with Crippen molar-refractivity contribution in [3.05, 3.63) is 51.7 Å². The van der Waals surface area contributed by atoms with E-state index in [0.29, 0.717) is 56.8 Å². The van der Waals surface area contributed by atoms with Crippen molar-refractivity contribution in [1.29, 1.82) is 0 Å². The molecule has 1 aromatic heterocycles. The van der Waals surface area contributed by atoms with Gasteiger partial charge in [-0.3, -0.25) is 14.6 Å². The highest BCUT2D eigenvalue weighted by Gasteiger charge is 2.42. The molecular formula is C21H25FN4O3. The summed E-state index contributed by atoms with van der Waals surface area (Å²) in [6, 6.07) is 7.55. The first-order valence-corrected chi connectivity index (χ1v) is 9.92. The highest BCUT2D eigenvalue weighted by Crippen LogP contribution is 2.33. The summed E-state index contributed by atoms with van der Waals surface area (Å²) in [7, 11) is 1.62. The van der Waals surface area contributed by atoms with E-state index in [9.17, 15) is 14.0 Å². The van der Waals surface area contributed by atoms with Gasteiger partial charge in [-0.2, -0.15) is 4.39 Å². The molecule has 0 spiro atoms. The Labute approximate surface area is 168 Å². The second-order valence-corrected chi connectivity index (χ2v) is 7.75. The van der Waals surface area contributed by atoms with Crippen molar-refractivity contribution >= 4 is 11.9 Å². The molecule has 2 aliphatic rings. The van der Waals surface area contributed by atoms with Gasteiger partial charge in [0, 0.05) is 38.0 Å². The molecule has 2 fully saturated rings. The number of benzene rings is 1. The molecule has 3 heterocycles. The van der Waals surface area contributed by atoms with Gasteiger partial charge in [-0.25, -0.2) is 4.98 Å². The average Bonchev–Trinajstić information content (AvgIpc) is 3.30. The first-order valence-electron chi connectivity index (χ1n) is 9.92. The fraction of sp³-hybridized carbons (Fsp3) is 0.476. The van der Waals surface area contributed by atoms with E-state index in [1.54, 1.807) is 14.0 Å². The Kier molecular flexibility index (Phi) is 5.25. The second kappa shape index (κ2) is 7.85.